The topological polar surface area (TPSA) is 102 Å². The molecule has 2 aromatic carbocycles. The lowest BCUT2D eigenvalue weighted by atomic mass is 10.00. The van der Waals surface area contributed by atoms with Gasteiger partial charge in [-0.3, -0.25) is 9.59 Å². The fourth-order valence-electron chi connectivity index (χ4n) is 3.78. The van der Waals surface area contributed by atoms with Crippen LogP contribution in [0.2, 0.25) is 5.02 Å². The van der Waals surface area contributed by atoms with Gasteiger partial charge in [0.1, 0.15) is 12.6 Å². The highest BCUT2D eigenvalue weighted by Gasteiger charge is 2.33. The maximum absolute atomic E-state index is 13.7. The number of hydrogen-bond acceptors (Lipinski definition) is 6. The number of benzene rings is 2. The van der Waals surface area contributed by atoms with Gasteiger partial charge in [0.25, 0.3) is 0 Å². The van der Waals surface area contributed by atoms with Crippen LogP contribution in [-0.4, -0.2) is 62.2 Å². The van der Waals surface area contributed by atoms with Gasteiger partial charge in [-0.15, -0.1) is 10.2 Å². The van der Waals surface area contributed by atoms with Crippen LogP contribution >= 0.6 is 11.6 Å². The average Bonchev–Trinajstić information content (AvgIpc) is 3.29. The van der Waals surface area contributed by atoms with E-state index in [4.69, 9.17) is 16.3 Å². The molecule has 10 heteroatoms. The van der Waals surface area contributed by atoms with E-state index in [-0.39, 0.29) is 18.4 Å². The van der Waals surface area contributed by atoms with Crippen molar-refractivity contribution in [3.8, 4) is 11.4 Å². The molecule has 37 heavy (non-hydrogen) atoms. The van der Waals surface area contributed by atoms with E-state index in [2.05, 4.69) is 20.7 Å². The van der Waals surface area contributed by atoms with E-state index in [0.29, 0.717) is 37.0 Å². The summed E-state index contributed by atoms with van der Waals surface area (Å²) in [6.45, 7) is 10.9. The largest absolute Gasteiger partial charge is 0.382 e. The van der Waals surface area contributed by atoms with E-state index in [9.17, 15) is 9.59 Å². The second kappa shape index (κ2) is 12.8. The van der Waals surface area contributed by atoms with Crippen LogP contribution in [0.5, 0.6) is 0 Å². The zero-order valence-electron chi connectivity index (χ0n) is 22.1. The van der Waals surface area contributed by atoms with Crippen LogP contribution in [0, 0.1) is 6.92 Å². The molecular weight excluding hydrogens is 492 g/mol. The molecule has 3 aromatic rings. The van der Waals surface area contributed by atoms with E-state index in [1.54, 1.807) is 29.2 Å². The summed E-state index contributed by atoms with van der Waals surface area (Å²) in [6, 6.07) is 13.9. The van der Waals surface area contributed by atoms with Gasteiger partial charge < -0.3 is 15.0 Å². The van der Waals surface area contributed by atoms with Crippen molar-refractivity contribution in [2.45, 2.75) is 59.2 Å². The minimum atomic E-state index is -0.826. The first kappa shape index (κ1) is 28.3. The summed E-state index contributed by atoms with van der Waals surface area (Å²) in [5.74, 6) is -0.173. The van der Waals surface area contributed by atoms with Gasteiger partial charge in [-0.25, -0.2) is 0 Å². The van der Waals surface area contributed by atoms with Crippen molar-refractivity contribution in [3.63, 3.8) is 0 Å². The highest BCUT2D eigenvalue weighted by Crippen LogP contribution is 2.24. The molecule has 1 atom stereocenters. The van der Waals surface area contributed by atoms with Gasteiger partial charge >= 0.3 is 0 Å². The second-order valence-corrected chi connectivity index (χ2v) is 10.3. The molecule has 0 spiro atoms. The Morgan fingerprint density at radius 2 is 1.78 bits per heavy atom. The molecule has 3 rings (SSSR count). The average molecular weight is 527 g/mol. The predicted octanol–water partition coefficient (Wildman–Crippen LogP) is 4.21. The molecule has 0 fully saturated rings. The molecule has 0 radical (unpaired) electrons. The van der Waals surface area contributed by atoms with Crippen LogP contribution in [0.15, 0.2) is 48.5 Å². The molecule has 0 bridgehead atoms. The Balaban J connectivity index is 1.90. The third-order valence-electron chi connectivity index (χ3n) is 5.50. The SMILES string of the molecule is CCOCCCN(C(=O)Cn1nnc(-c2ccc(Cl)cc2)n1)[C@H](C(=O)NC(C)(C)C)c1ccc(C)cc1. The summed E-state index contributed by atoms with van der Waals surface area (Å²) in [5, 5.41) is 16.2. The van der Waals surface area contributed by atoms with Crippen LogP contribution in [0.25, 0.3) is 11.4 Å². The van der Waals surface area contributed by atoms with Gasteiger partial charge in [0.15, 0.2) is 0 Å². The third kappa shape index (κ3) is 8.36. The molecule has 1 N–H and O–H groups in total. The maximum atomic E-state index is 13.7. The van der Waals surface area contributed by atoms with Gasteiger partial charge in [-0.1, -0.05) is 41.4 Å². The van der Waals surface area contributed by atoms with Crippen molar-refractivity contribution in [2.24, 2.45) is 0 Å². The van der Waals surface area contributed by atoms with E-state index >= 15 is 0 Å². The number of halogens is 1. The smallest absolute Gasteiger partial charge is 0.247 e. The standard InChI is InChI=1S/C27H35ClN6O3/c1-6-37-17-7-16-33(24(26(36)29-27(3,4)5)20-10-8-19(2)9-11-20)23(35)18-34-31-25(30-32-34)21-12-14-22(28)15-13-21/h8-15,24H,6-7,16-18H2,1-5H3,(H,29,36)/t24-/m0/s1. The summed E-state index contributed by atoms with van der Waals surface area (Å²) in [6.07, 6.45) is 0.575. The van der Waals surface area contributed by atoms with Gasteiger partial charge in [-0.05, 0) is 76.1 Å². The lowest BCUT2D eigenvalue weighted by Crippen LogP contribution is -2.50. The highest BCUT2D eigenvalue weighted by molar-refractivity contribution is 6.30. The molecule has 0 saturated carbocycles. The van der Waals surface area contributed by atoms with E-state index in [1.807, 2.05) is 58.9 Å². The molecule has 198 valence electrons. The molecule has 9 nitrogen and oxygen atoms in total. The van der Waals surface area contributed by atoms with Crippen LogP contribution in [0.4, 0.5) is 0 Å². The van der Waals surface area contributed by atoms with Crippen molar-refractivity contribution in [3.05, 3.63) is 64.7 Å². The third-order valence-corrected chi connectivity index (χ3v) is 5.75. The lowest BCUT2D eigenvalue weighted by molar-refractivity contribution is -0.142. The number of rotatable bonds is 11. The van der Waals surface area contributed by atoms with Gasteiger partial charge in [-0.2, -0.15) is 4.80 Å². The van der Waals surface area contributed by atoms with E-state index in [0.717, 1.165) is 16.7 Å². The Bertz CT molecular complexity index is 1170. The fourth-order valence-corrected chi connectivity index (χ4v) is 3.90. The van der Waals surface area contributed by atoms with Crippen molar-refractivity contribution < 1.29 is 14.3 Å². The molecule has 2 amide bonds. The van der Waals surface area contributed by atoms with Gasteiger partial charge in [0.2, 0.25) is 17.6 Å². The molecule has 0 aliphatic rings. The van der Waals surface area contributed by atoms with Crippen LogP contribution in [0.1, 0.15) is 51.3 Å². The number of aryl methyl sites for hydroxylation is 1. The predicted molar refractivity (Wildman–Crippen MR) is 143 cm³/mol. The Kier molecular flexibility index (Phi) is 9.77. The lowest BCUT2D eigenvalue weighted by Gasteiger charge is -2.33. The van der Waals surface area contributed by atoms with Crippen LogP contribution in [0.3, 0.4) is 0 Å². The first-order chi connectivity index (χ1) is 17.6. The van der Waals surface area contributed by atoms with Gasteiger partial charge in [0, 0.05) is 35.9 Å². The summed E-state index contributed by atoms with van der Waals surface area (Å²) < 4.78 is 5.50. The highest BCUT2D eigenvalue weighted by atomic mass is 35.5. The number of amides is 2. The number of carbonyl (C=O) groups excluding carboxylic acids is 2. The van der Waals surface area contributed by atoms with Crippen molar-refractivity contribution in [1.29, 1.82) is 0 Å². The van der Waals surface area contributed by atoms with E-state index in [1.165, 1.54) is 4.80 Å². The minimum Gasteiger partial charge on any atom is -0.382 e. The summed E-state index contributed by atoms with van der Waals surface area (Å²) >= 11 is 5.97. The maximum Gasteiger partial charge on any atom is 0.247 e. The van der Waals surface area contributed by atoms with Crippen molar-refractivity contribution >= 4 is 23.4 Å². The first-order valence-electron chi connectivity index (χ1n) is 12.4. The number of carbonyl (C=O) groups is 2. The zero-order chi connectivity index (χ0) is 27.0. The Hall–Kier alpha value is -3.30. The second-order valence-electron chi connectivity index (χ2n) is 9.84. The zero-order valence-corrected chi connectivity index (χ0v) is 22.8. The normalized spacial score (nSPS) is 12.3. The summed E-state index contributed by atoms with van der Waals surface area (Å²) in [7, 11) is 0. The molecule has 0 aliphatic heterocycles. The number of ether oxygens (including phenoxy) is 1. The molecule has 1 aromatic heterocycles. The van der Waals surface area contributed by atoms with Gasteiger partial charge in [0.05, 0.1) is 0 Å². The number of aromatic nitrogens is 4. The fraction of sp³-hybridized carbons (Fsp3) is 0.444. The quantitative estimate of drug-likeness (QED) is 0.375. The van der Waals surface area contributed by atoms with Crippen molar-refractivity contribution in [1.82, 2.24) is 30.4 Å². The van der Waals surface area contributed by atoms with Crippen molar-refractivity contribution in [2.75, 3.05) is 19.8 Å². The number of hydrogen-bond donors (Lipinski definition) is 1. The summed E-state index contributed by atoms with van der Waals surface area (Å²) in [5.41, 5.74) is 2.06. The number of nitrogens with zero attached hydrogens (tertiary/aromatic N) is 5. The molecule has 0 aliphatic carbocycles. The summed E-state index contributed by atoms with van der Waals surface area (Å²) in [4.78, 5) is 30.1. The molecule has 1 heterocycles. The molecular formula is C27H35ClN6O3. The monoisotopic (exact) mass is 526 g/mol. The van der Waals surface area contributed by atoms with Crippen LogP contribution < -0.4 is 5.32 Å². The number of nitrogens with one attached hydrogen (secondary N) is 1. The Morgan fingerprint density at radius 3 is 2.41 bits per heavy atom. The van der Waals surface area contributed by atoms with E-state index < -0.39 is 11.6 Å². The first-order valence-corrected chi connectivity index (χ1v) is 12.7. The Morgan fingerprint density at radius 1 is 1.11 bits per heavy atom. The molecule has 0 saturated heterocycles. The van der Waals surface area contributed by atoms with Crippen LogP contribution in [-0.2, 0) is 20.9 Å². The number of tetrazole rings is 1. The molecule has 0 unspecified atom stereocenters. The Labute approximate surface area is 223 Å². The minimum absolute atomic E-state index is 0.166.